The van der Waals surface area contributed by atoms with Gasteiger partial charge in [-0.1, -0.05) is 30.3 Å². The number of anilines is 2. The van der Waals surface area contributed by atoms with E-state index in [0.29, 0.717) is 54.3 Å². The molecular formula is C44H42N10O2. The van der Waals surface area contributed by atoms with Gasteiger partial charge in [-0.15, -0.1) is 0 Å². The summed E-state index contributed by atoms with van der Waals surface area (Å²) in [5.41, 5.74) is 21.0. The normalized spacial score (nSPS) is 10.1. The van der Waals surface area contributed by atoms with Crippen LogP contribution in [0.4, 0.5) is 11.4 Å². The van der Waals surface area contributed by atoms with E-state index in [1.165, 1.54) is 0 Å². The van der Waals surface area contributed by atoms with Gasteiger partial charge in [0, 0.05) is 48.0 Å². The quantitative estimate of drug-likeness (QED) is 0.0478. The number of amidine groups is 2. The minimum absolute atomic E-state index is 0.0362. The van der Waals surface area contributed by atoms with Gasteiger partial charge < -0.3 is 31.6 Å². The van der Waals surface area contributed by atoms with Crippen LogP contribution >= 0.6 is 0 Å². The second-order valence-electron chi connectivity index (χ2n) is 12.7. The van der Waals surface area contributed by atoms with Crippen molar-refractivity contribution in [3.63, 3.8) is 0 Å². The predicted molar refractivity (Wildman–Crippen MR) is 218 cm³/mol. The van der Waals surface area contributed by atoms with Crippen molar-refractivity contribution in [2.24, 2.45) is 11.5 Å². The number of aryl methyl sites for hydroxylation is 2. The summed E-state index contributed by atoms with van der Waals surface area (Å²) in [6, 6.07) is 37.7. The van der Waals surface area contributed by atoms with Crippen molar-refractivity contribution in [3.8, 4) is 23.6 Å². The molecule has 0 unspecified atom stereocenters. The minimum Gasteiger partial charge on any atom is -0.487 e. The summed E-state index contributed by atoms with van der Waals surface area (Å²) in [6.45, 7) is 5.73. The fourth-order valence-corrected chi connectivity index (χ4v) is 5.31. The maximum absolute atomic E-state index is 8.99. The molecule has 0 saturated heterocycles. The fourth-order valence-electron chi connectivity index (χ4n) is 5.31. The van der Waals surface area contributed by atoms with Gasteiger partial charge in [-0.25, -0.2) is 0 Å². The first-order valence-electron chi connectivity index (χ1n) is 17.6. The number of ether oxygens (including phenoxy) is 2. The average molecular weight is 743 g/mol. The van der Waals surface area contributed by atoms with Gasteiger partial charge in [0.15, 0.2) is 0 Å². The van der Waals surface area contributed by atoms with E-state index in [2.05, 4.69) is 32.7 Å². The van der Waals surface area contributed by atoms with Crippen molar-refractivity contribution in [1.82, 2.24) is 9.97 Å². The Hall–Kier alpha value is -7.70. The van der Waals surface area contributed by atoms with Gasteiger partial charge in [0.25, 0.3) is 0 Å². The fraction of sp³-hybridized carbons (Fsp3) is 0.136. The molecule has 56 heavy (non-hydrogen) atoms. The maximum Gasteiger partial charge on any atom is 0.141 e. The predicted octanol–water partition coefficient (Wildman–Crippen LogP) is 7.47. The molecule has 2 heterocycles. The monoisotopic (exact) mass is 742 g/mol. The lowest BCUT2D eigenvalue weighted by Crippen LogP contribution is -2.11. The number of hydrogen-bond acceptors (Lipinski definition) is 10. The summed E-state index contributed by atoms with van der Waals surface area (Å²) >= 11 is 0. The van der Waals surface area contributed by atoms with E-state index in [4.69, 9.17) is 42.3 Å². The first-order valence-corrected chi connectivity index (χ1v) is 17.6. The minimum atomic E-state index is 0.0362. The van der Waals surface area contributed by atoms with Gasteiger partial charge in [0.1, 0.15) is 36.4 Å². The lowest BCUT2D eigenvalue weighted by atomic mass is 10.1. The van der Waals surface area contributed by atoms with Crippen molar-refractivity contribution in [3.05, 3.63) is 177 Å². The molecule has 8 N–H and O–H groups in total. The highest BCUT2D eigenvalue weighted by Crippen LogP contribution is 2.22. The number of aromatic nitrogens is 2. The molecule has 0 aliphatic rings. The molecule has 0 aliphatic heterocycles. The number of nitrogens with zero attached hydrogens (tertiary/aromatic N) is 4. The first kappa shape index (κ1) is 39.5. The number of pyridine rings is 2. The van der Waals surface area contributed by atoms with Gasteiger partial charge in [-0.05, 0) is 115 Å². The second-order valence-corrected chi connectivity index (χ2v) is 12.7. The van der Waals surface area contributed by atoms with Crippen LogP contribution in [0.2, 0.25) is 0 Å². The lowest BCUT2D eigenvalue weighted by molar-refractivity contribution is 0.302. The van der Waals surface area contributed by atoms with E-state index in [0.717, 1.165) is 50.8 Å². The molecule has 0 radical (unpaired) electrons. The molecule has 0 atom stereocenters. The van der Waals surface area contributed by atoms with Crippen LogP contribution in [0.25, 0.3) is 0 Å². The number of rotatable bonds is 14. The molecular weight excluding hydrogens is 701 g/mol. The van der Waals surface area contributed by atoms with E-state index in [1.807, 2.05) is 111 Å². The molecule has 0 saturated carbocycles. The van der Waals surface area contributed by atoms with Gasteiger partial charge in [0.05, 0.1) is 34.7 Å². The highest BCUT2D eigenvalue weighted by atomic mass is 16.5. The summed E-state index contributed by atoms with van der Waals surface area (Å²) in [7, 11) is 0. The Morgan fingerprint density at radius 1 is 0.589 bits per heavy atom. The molecule has 4 aromatic carbocycles. The van der Waals surface area contributed by atoms with Crippen molar-refractivity contribution in [2.75, 3.05) is 10.6 Å². The molecule has 2 aromatic heterocycles. The van der Waals surface area contributed by atoms with Crippen LogP contribution < -0.4 is 31.6 Å². The van der Waals surface area contributed by atoms with Gasteiger partial charge in [0.2, 0.25) is 0 Å². The number of nitriles is 2. The van der Waals surface area contributed by atoms with Gasteiger partial charge in [-0.3, -0.25) is 20.8 Å². The maximum atomic E-state index is 8.99. The summed E-state index contributed by atoms with van der Waals surface area (Å²) in [4.78, 5) is 8.83. The standard InChI is InChI=1S/C22H24N6O.C22H18N4O/c1-14-20(29-13-15-3-2-4-18(9-15)22(25)26)10-16(11-27-14)12-28-19-7-5-17(6-8-19)21(23)24;1-16-22(27-15-19-4-2-3-18(9-19)12-24)10-20(13-25-16)14-26-21-7-5-17(11-23)6-8-21/h2-11,28H,12-13H2,1H3,(H3,23,24)(H3,25,26);2-10,13,26H,14-15H2,1H3. The van der Waals surface area contributed by atoms with Crippen LogP contribution in [0.5, 0.6) is 11.5 Å². The van der Waals surface area contributed by atoms with Crippen LogP contribution in [0.3, 0.4) is 0 Å². The SMILES string of the molecule is Cc1ncc(CNc2ccc(C#N)cc2)cc1OCc1cccc(C#N)c1.Cc1ncc(CNc2ccc(C(=N)N)cc2)cc1OCc1cccc(C(=N)N)c1. The third-order valence-electron chi connectivity index (χ3n) is 8.48. The Kier molecular flexibility index (Phi) is 13.7. The first-order chi connectivity index (χ1) is 27.1. The van der Waals surface area contributed by atoms with Crippen LogP contribution in [-0.2, 0) is 26.3 Å². The number of nitrogen functional groups attached to an aromatic ring is 2. The molecule has 0 spiro atoms. The third-order valence-corrected chi connectivity index (χ3v) is 8.48. The van der Waals surface area contributed by atoms with Gasteiger partial charge in [-0.2, -0.15) is 10.5 Å². The average Bonchev–Trinajstić information content (AvgIpc) is 3.22. The van der Waals surface area contributed by atoms with Crippen LogP contribution in [0.1, 0.15) is 55.9 Å². The zero-order chi connectivity index (χ0) is 39.9. The van der Waals surface area contributed by atoms with E-state index >= 15 is 0 Å². The summed E-state index contributed by atoms with van der Waals surface area (Å²) in [5, 5.41) is 39.4. The van der Waals surface area contributed by atoms with E-state index in [1.54, 1.807) is 24.3 Å². The number of nitrogens with two attached hydrogens (primary N) is 2. The summed E-state index contributed by atoms with van der Waals surface area (Å²) < 4.78 is 11.9. The summed E-state index contributed by atoms with van der Waals surface area (Å²) in [6.07, 6.45) is 3.63. The molecule has 0 amide bonds. The molecule has 6 rings (SSSR count). The van der Waals surface area contributed by atoms with Crippen molar-refractivity contribution in [1.29, 1.82) is 21.3 Å². The molecule has 6 aromatic rings. The zero-order valence-corrected chi connectivity index (χ0v) is 31.1. The number of nitrogens with one attached hydrogen (secondary N) is 4. The molecule has 12 heteroatoms. The molecule has 0 bridgehead atoms. The van der Waals surface area contributed by atoms with E-state index in [-0.39, 0.29) is 11.7 Å². The van der Waals surface area contributed by atoms with Crippen molar-refractivity contribution >= 4 is 23.0 Å². The molecule has 12 nitrogen and oxygen atoms in total. The van der Waals surface area contributed by atoms with Crippen LogP contribution in [0, 0.1) is 47.3 Å². The third kappa shape index (κ3) is 11.7. The summed E-state index contributed by atoms with van der Waals surface area (Å²) in [5.74, 6) is 1.52. The van der Waals surface area contributed by atoms with Crippen LogP contribution in [0.15, 0.2) is 122 Å². The van der Waals surface area contributed by atoms with Crippen LogP contribution in [-0.4, -0.2) is 21.6 Å². The highest BCUT2D eigenvalue weighted by molar-refractivity contribution is 5.95. The Morgan fingerprint density at radius 3 is 1.57 bits per heavy atom. The number of hydrogen-bond donors (Lipinski definition) is 6. The van der Waals surface area contributed by atoms with Crippen molar-refractivity contribution in [2.45, 2.75) is 40.2 Å². The molecule has 280 valence electrons. The largest absolute Gasteiger partial charge is 0.487 e. The smallest absolute Gasteiger partial charge is 0.141 e. The van der Waals surface area contributed by atoms with E-state index in [9.17, 15) is 0 Å². The highest BCUT2D eigenvalue weighted by Gasteiger charge is 2.08. The Morgan fingerprint density at radius 2 is 1.07 bits per heavy atom. The molecule has 0 fully saturated rings. The Labute approximate surface area is 326 Å². The Balaban J connectivity index is 0.000000215. The van der Waals surface area contributed by atoms with Crippen molar-refractivity contribution < 1.29 is 9.47 Å². The van der Waals surface area contributed by atoms with Gasteiger partial charge >= 0.3 is 0 Å². The second kappa shape index (κ2) is 19.4. The zero-order valence-electron chi connectivity index (χ0n) is 31.1. The lowest BCUT2D eigenvalue weighted by Gasteiger charge is -2.12. The topological polar surface area (TPSA) is 216 Å². The number of benzene rings is 4. The van der Waals surface area contributed by atoms with E-state index < -0.39 is 0 Å². The molecule has 0 aliphatic carbocycles. The Bertz CT molecular complexity index is 2380.